The topological polar surface area (TPSA) is 15.3 Å². The lowest BCUT2D eigenvalue weighted by molar-refractivity contribution is 0.617. The summed E-state index contributed by atoms with van der Waals surface area (Å²) in [6.07, 6.45) is 10.4. The number of rotatable bonds is 4. The minimum absolute atomic E-state index is 0.225. The van der Waals surface area contributed by atoms with Crippen molar-refractivity contribution in [3.8, 4) is 0 Å². The molecule has 0 spiro atoms. The smallest absolute Gasteiger partial charge is 0.0405 e. The summed E-state index contributed by atoms with van der Waals surface area (Å²) in [5.41, 5.74) is 2.17. The Morgan fingerprint density at radius 1 is 1.38 bits per heavy atom. The average Bonchev–Trinajstić information content (AvgIpc) is 2.26. The van der Waals surface area contributed by atoms with Crippen molar-refractivity contribution in [2.45, 2.75) is 26.8 Å². The number of allylic oxidation sites excluding steroid dienone is 2. The minimum Gasteiger partial charge on any atom is -0.324 e. The number of nitrogens with one attached hydrogen (secondary N) is 1. The summed E-state index contributed by atoms with van der Waals surface area (Å²) < 4.78 is 2.93. The molecule has 0 aliphatic carbocycles. The molecule has 0 aromatic heterocycles. The van der Waals surface area contributed by atoms with E-state index in [2.05, 4.69) is 69.4 Å². The fraction of sp³-hybridized carbons (Fsp3) is 0.385. The number of nitrogens with zero attached hydrogens (tertiary/aromatic N) is 1. The first-order valence-electron chi connectivity index (χ1n) is 5.49. The van der Waals surface area contributed by atoms with Crippen LogP contribution < -0.4 is 4.72 Å². The predicted octanol–water partition coefficient (Wildman–Crippen LogP) is 3.25. The van der Waals surface area contributed by atoms with E-state index >= 15 is 0 Å². The van der Waals surface area contributed by atoms with Crippen LogP contribution in [0, 0.1) is 5.92 Å². The van der Waals surface area contributed by atoms with Gasteiger partial charge in [0, 0.05) is 24.1 Å². The standard InChI is InChI=1S/C13H20N2S/c1-10(2)7-8-15-9-13(12(4)14-16)6-5-11(15)3/h5-10,12,14,16H,3H2,1-2,4H3/b8-7-. The van der Waals surface area contributed by atoms with Gasteiger partial charge in [0.2, 0.25) is 0 Å². The maximum atomic E-state index is 4.08. The van der Waals surface area contributed by atoms with Crippen LogP contribution in [-0.2, 0) is 0 Å². The summed E-state index contributed by atoms with van der Waals surface area (Å²) in [4.78, 5) is 2.04. The molecule has 1 unspecified atom stereocenters. The Hall–Kier alpha value is -0.930. The van der Waals surface area contributed by atoms with Crippen LogP contribution in [0.4, 0.5) is 0 Å². The summed E-state index contributed by atoms with van der Waals surface area (Å²) >= 11 is 4.08. The van der Waals surface area contributed by atoms with E-state index in [1.165, 1.54) is 5.57 Å². The number of hydrogen-bond donors (Lipinski definition) is 2. The van der Waals surface area contributed by atoms with Gasteiger partial charge >= 0.3 is 0 Å². The Morgan fingerprint density at radius 2 is 2.06 bits per heavy atom. The van der Waals surface area contributed by atoms with Crippen LogP contribution in [0.5, 0.6) is 0 Å². The van der Waals surface area contributed by atoms with Crippen LogP contribution in [0.15, 0.2) is 48.5 Å². The molecule has 1 N–H and O–H groups in total. The molecule has 16 heavy (non-hydrogen) atoms. The van der Waals surface area contributed by atoms with Crippen LogP contribution in [0.1, 0.15) is 20.8 Å². The van der Waals surface area contributed by atoms with Crippen LogP contribution in [-0.4, -0.2) is 10.9 Å². The van der Waals surface area contributed by atoms with Gasteiger partial charge in [-0.15, -0.1) is 0 Å². The Balaban J connectivity index is 2.80. The van der Waals surface area contributed by atoms with E-state index in [-0.39, 0.29) is 6.04 Å². The Kier molecular flexibility index (Phi) is 4.90. The zero-order valence-electron chi connectivity index (χ0n) is 10.1. The van der Waals surface area contributed by atoms with Crippen LogP contribution in [0.2, 0.25) is 0 Å². The Bertz CT molecular complexity index is 340. The van der Waals surface area contributed by atoms with Gasteiger partial charge in [-0.3, -0.25) is 4.72 Å². The van der Waals surface area contributed by atoms with Crippen LogP contribution >= 0.6 is 12.8 Å². The highest BCUT2D eigenvalue weighted by Gasteiger charge is 2.10. The molecule has 0 saturated carbocycles. The molecule has 1 rings (SSSR count). The monoisotopic (exact) mass is 236 g/mol. The van der Waals surface area contributed by atoms with Gasteiger partial charge in [-0.25, -0.2) is 0 Å². The molecule has 1 aliphatic rings. The molecule has 2 nitrogen and oxygen atoms in total. The molecule has 0 aromatic carbocycles. The first-order valence-corrected chi connectivity index (χ1v) is 5.94. The van der Waals surface area contributed by atoms with Gasteiger partial charge in [-0.05, 0) is 24.5 Å². The van der Waals surface area contributed by atoms with Crippen LogP contribution in [0.25, 0.3) is 0 Å². The molecule has 0 amide bonds. The van der Waals surface area contributed by atoms with Crippen molar-refractivity contribution in [2.24, 2.45) is 5.92 Å². The average molecular weight is 236 g/mol. The quantitative estimate of drug-likeness (QED) is 0.729. The van der Waals surface area contributed by atoms with Gasteiger partial charge in [0.15, 0.2) is 0 Å². The van der Waals surface area contributed by atoms with Gasteiger partial charge < -0.3 is 4.90 Å². The van der Waals surface area contributed by atoms with Gasteiger partial charge in [0.25, 0.3) is 0 Å². The third-order valence-corrected chi connectivity index (χ3v) is 2.80. The number of thiol groups is 1. The second-order valence-corrected chi connectivity index (χ2v) is 4.56. The van der Waals surface area contributed by atoms with Crippen molar-refractivity contribution in [1.29, 1.82) is 0 Å². The Labute approximate surface area is 104 Å². The summed E-state index contributed by atoms with van der Waals surface area (Å²) in [5.74, 6) is 0.538. The van der Waals surface area contributed by atoms with E-state index in [4.69, 9.17) is 0 Å². The number of hydrogen-bond acceptors (Lipinski definition) is 3. The minimum atomic E-state index is 0.225. The highest BCUT2D eigenvalue weighted by atomic mass is 32.1. The summed E-state index contributed by atoms with van der Waals surface area (Å²) in [5, 5.41) is 0. The van der Waals surface area contributed by atoms with E-state index in [1.54, 1.807) is 0 Å². The molecule has 1 atom stereocenters. The highest BCUT2D eigenvalue weighted by Crippen LogP contribution is 2.18. The van der Waals surface area contributed by atoms with Gasteiger partial charge in [-0.2, -0.15) is 0 Å². The lowest BCUT2D eigenvalue weighted by Gasteiger charge is -2.24. The van der Waals surface area contributed by atoms with Crippen molar-refractivity contribution in [3.63, 3.8) is 0 Å². The van der Waals surface area contributed by atoms with E-state index in [0.29, 0.717) is 5.92 Å². The molecule has 0 saturated heterocycles. The van der Waals surface area contributed by atoms with Gasteiger partial charge in [0.05, 0.1) is 0 Å². The third kappa shape index (κ3) is 3.58. The largest absolute Gasteiger partial charge is 0.324 e. The normalized spacial score (nSPS) is 18.4. The van der Waals surface area contributed by atoms with E-state index < -0.39 is 0 Å². The SMILES string of the molecule is C=C1C=CC(C(C)NS)=CN1/C=C\C(C)C. The second kappa shape index (κ2) is 5.97. The van der Waals surface area contributed by atoms with Gasteiger partial charge in [-0.1, -0.05) is 45.4 Å². The lowest BCUT2D eigenvalue weighted by atomic mass is 10.1. The maximum Gasteiger partial charge on any atom is 0.0405 e. The van der Waals surface area contributed by atoms with E-state index in [9.17, 15) is 0 Å². The van der Waals surface area contributed by atoms with Crippen LogP contribution in [0.3, 0.4) is 0 Å². The van der Waals surface area contributed by atoms with Crippen molar-refractivity contribution in [3.05, 3.63) is 48.5 Å². The highest BCUT2D eigenvalue weighted by molar-refractivity contribution is 7.78. The zero-order valence-corrected chi connectivity index (χ0v) is 11.0. The fourth-order valence-electron chi connectivity index (χ4n) is 1.30. The first-order chi connectivity index (χ1) is 7.54. The van der Waals surface area contributed by atoms with Gasteiger partial charge in [0.1, 0.15) is 0 Å². The van der Waals surface area contributed by atoms with Crippen molar-refractivity contribution >= 4 is 12.8 Å². The first kappa shape index (κ1) is 13.1. The zero-order chi connectivity index (χ0) is 12.1. The molecule has 0 radical (unpaired) electrons. The fourth-order valence-corrected chi connectivity index (χ4v) is 1.45. The molecular formula is C13H20N2S. The van der Waals surface area contributed by atoms with Crippen molar-refractivity contribution < 1.29 is 0 Å². The van der Waals surface area contributed by atoms with E-state index in [1.807, 2.05) is 11.0 Å². The second-order valence-electron chi connectivity index (χ2n) is 4.30. The molecule has 88 valence electrons. The van der Waals surface area contributed by atoms with E-state index in [0.717, 1.165) is 5.70 Å². The molecule has 0 fully saturated rings. The molecule has 0 aromatic rings. The van der Waals surface area contributed by atoms with Crippen molar-refractivity contribution in [2.75, 3.05) is 0 Å². The lowest BCUT2D eigenvalue weighted by Crippen LogP contribution is -2.22. The predicted molar refractivity (Wildman–Crippen MR) is 73.8 cm³/mol. The maximum absolute atomic E-state index is 4.08. The van der Waals surface area contributed by atoms with Crippen molar-refractivity contribution in [1.82, 2.24) is 9.62 Å². The Morgan fingerprint density at radius 3 is 2.62 bits per heavy atom. The summed E-state index contributed by atoms with van der Waals surface area (Å²) in [6, 6.07) is 0.225. The molecular weight excluding hydrogens is 216 g/mol. The molecule has 1 aliphatic heterocycles. The molecule has 1 heterocycles. The molecule has 3 heteroatoms. The summed E-state index contributed by atoms with van der Waals surface area (Å²) in [7, 11) is 0. The summed E-state index contributed by atoms with van der Waals surface area (Å²) in [6.45, 7) is 10.4. The third-order valence-electron chi connectivity index (χ3n) is 2.41. The molecule has 0 bridgehead atoms.